The van der Waals surface area contributed by atoms with Crippen LogP contribution in [-0.4, -0.2) is 27.8 Å². The largest absolute Gasteiger partial charge is 0.454 e. The Labute approximate surface area is 232 Å². The number of imidazole rings is 1. The van der Waals surface area contributed by atoms with E-state index in [1.807, 2.05) is 6.07 Å². The molecule has 5 nitrogen and oxygen atoms in total. The lowest BCUT2D eigenvalue weighted by molar-refractivity contribution is 0.174. The van der Waals surface area contributed by atoms with Crippen LogP contribution in [0.3, 0.4) is 0 Å². The van der Waals surface area contributed by atoms with E-state index in [1.165, 1.54) is 22.4 Å². The summed E-state index contributed by atoms with van der Waals surface area (Å²) in [5.41, 5.74) is 6.19. The van der Waals surface area contributed by atoms with E-state index in [0.29, 0.717) is 12.7 Å². The molecule has 1 aliphatic heterocycles. The summed E-state index contributed by atoms with van der Waals surface area (Å²) in [6, 6.07) is 25.6. The Morgan fingerprint density at radius 2 is 1.74 bits per heavy atom. The van der Waals surface area contributed by atoms with Crippen LogP contribution in [0.15, 0.2) is 85.1 Å². The molecule has 4 aromatic rings. The maximum absolute atomic E-state index is 5.65. The highest BCUT2D eigenvalue weighted by Crippen LogP contribution is 2.33. The molecule has 5 heteroatoms. The summed E-state index contributed by atoms with van der Waals surface area (Å²) < 4.78 is 13.6. The molecule has 1 aliphatic rings. The standard InChI is InChI=1S/C34H39N3O2/c1-4-5-20-37-31(22-35-34(37)30-11-7-6-8-12-30)24-36(23-28-15-18-32-33(21-28)39-25-38-32)19-9-10-27-13-16-29(17-14-27)26(2)3/h6-18,21-22,26H,4-5,19-20,23-25H2,1-3H3/b10-9-. The molecule has 0 amide bonds. The summed E-state index contributed by atoms with van der Waals surface area (Å²) >= 11 is 0. The number of hydrogen-bond donors (Lipinski definition) is 0. The molecule has 0 radical (unpaired) electrons. The van der Waals surface area contributed by atoms with Crippen molar-refractivity contribution in [3.63, 3.8) is 0 Å². The fraction of sp³-hybridized carbons (Fsp3) is 0.324. The summed E-state index contributed by atoms with van der Waals surface area (Å²) in [4.78, 5) is 7.34. The molecule has 39 heavy (non-hydrogen) atoms. The van der Waals surface area contributed by atoms with Crippen molar-refractivity contribution in [2.45, 2.75) is 59.2 Å². The maximum atomic E-state index is 5.65. The van der Waals surface area contributed by atoms with Gasteiger partial charge in [0.1, 0.15) is 5.82 Å². The Morgan fingerprint density at radius 3 is 2.51 bits per heavy atom. The highest BCUT2D eigenvalue weighted by atomic mass is 16.7. The van der Waals surface area contributed by atoms with Crippen molar-refractivity contribution in [1.29, 1.82) is 0 Å². The average Bonchev–Trinajstić information content (AvgIpc) is 3.59. The van der Waals surface area contributed by atoms with E-state index >= 15 is 0 Å². The fourth-order valence-electron chi connectivity index (χ4n) is 4.96. The highest BCUT2D eigenvalue weighted by molar-refractivity contribution is 5.56. The van der Waals surface area contributed by atoms with Crippen LogP contribution < -0.4 is 9.47 Å². The molecule has 0 bridgehead atoms. The lowest BCUT2D eigenvalue weighted by Crippen LogP contribution is -2.24. The number of rotatable bonds is 12. The predicted octanol–water partition coefficient (Wildman–Crippen LogP) is 7.92. The maximum Gasteiger partial charge on any atom is 0.231 e. The van der Waals surface area contributed by atoms with Gasteiger partial charge in [-0.1, -0.05) is 100 Å². The van der Waals surface area contributed by atoms with E-state index in [0.717, 1.165) is 61.9 Å². The van der Waals surface area contributed by atoms with Crippen molar-refractivity contribution in [3.05, 3.63) is 107 Å². The topological polar surface area (TPSA) is 39.5 Å². The zero-order valence-corrected chi connectivity index (χ0v) is 23.3. The molecule has 202 valence electrons. The third-order valence-electron chi connectivity index (χ3n) is 7.21. The van der Waals surface area contributed by atoms with Gasteiger partial charge in [-0.05, 0) is 41.2 Å². The number of ether oxygens (including phenoxy) is 2. The molecule has 0 saturated carbocycles. The van der Waals surface area contributed by atoms with Crippen LogP contribution in [0.4, 0.5) is 0 Å². The van der Waals surface area contributed by atoms with Gasteiger partial charge in [-0.2, -0.15) is 0 Å². The van der Waals surface area contributed by atoms with Crippen molar-refractivity contribution in [3.8, 4) is 22.9 Å². The Balaban J connectivity index is 1.39. The van der Waals surface area contributed by atoms with Gasteiger partial charge in [0.2, 0.25) is 6.79 Å². The van der Waals surface area contributed by atoms with E-state index in [9.17, 15) is 0 Å². The summed E-state index contributed by atoms with van der Waals surface area (Å²) in [5.74, 6) is 3.23. The monoisotopic (exact) mass is 521 g/mol. The average molecular weight is 522 g/mol. The number of fused-ring (bicyclic) bond motifs is 1. The number of hydrogen-bond acceptors (Lipinski definition) is 4. The fourth-order valence-corrected chi connectivity index (χ4v) is 4.96. The second-order valence-electron chi connectivity index (χ2n) is 10.5. The van der Waals surface area contributed by atoms with E-state index in [2.05, 4.69) is 115 Å². The summed E-state index contributed by atoms with van der Waals surface area (Å²) in [6.45, 7) is 10.4. The molecule has 0 atom stereocenters. The zero-order valence-electron chi connectivity index (χ0n) is 23.3. The molecule has 0 N–H and O–H groups in total. The molecule has 3 aromatic carbocycles. The molecule has 5 rings (SSSR count). The Morgan fingerprint density at radius 1 is 0.949 bits per heavy atom. The van der Waals surface area contributed by atoms with Gasteiger partial charge < -0.3 is 14.0 Å². The minimum Gasteiger partial charge on any atom is -0.454 e. The lowest BCUT2D eigenvalue weighted by atomic mass is 10.0. The van der Waals surface area contributed by atoms with Crippen molar-refractivity contribution in [2.75, 3.05) is 13.3 Å². The minimum atomic E-state index is 0.291. The Kier molecular flexibility index (Phi) is 8.79. The second-order valence-corrected chi connectivity index (χ2v) is 10.5. The molecule has 2 heterocycles. The van der Waals surface area contributed by atoms with E-state index in [4.69, 9.17) is 14.5 Å². The van der Waals surface area contributed by atoms with Crippen molar-refractivity contribution in [2.24, 2.45) is 0 Å². The summed E-state index contributed by atoms with van der Waals surface area (Å²) in [7, 11) is 0. The molecule has 0 spiro atoms. The second kappa shape index (κ2) is 12.8. The van der Waals surface area contributed by atoms with Gasteiger partial charge in [0.05, 0.1) is 11.9 Å². The molecule has 1 aromatic heterocycles. The van der Waals surface area contributed by atoms with Gasteiger partial charge in [0.15, 0.2) is 11.5 Å². The Hall–Kier alpha value is -3.83. The van der Waals surface area contributed by atoms with Crippen molar-refractivity contribution in [1.82, 2.24) is 14.5 Å². The number of nitrogens with zero attached hydrogens (tertiary/aromatic N) is 3. The van der Waals surface area contributed by atoms with Crippen molar-refractivity contribution >= 4 is 6.08 Å². The lowest BCUT2D eigenvalue weighted by Gasteiger charge is -2.22. The van der Waals surface area contributed by atoms with Crippen LogP contribution in [0.2, 0.25) is 0 Å². The Bertz CT molecular complexity index is 1370. The van der Waals surface area contributed by atoms with E-state index in [1.54, 1.807) is 0 Å². The summed E-state index contributed by atoms with van der Waals surface area (Å²) in [6.07, 6.45) is 8.81. The van der Waals surface area contributed by atoms with Gasteiger partial charge in [-0.3, -0.25) is 4.90 Å². The SMILES string of the molecule is CCCCn1c(CN(C/C=C\c2ccc(C(C)C)cc2)Cc2ccc3c(c2)OCO3)cnc1-c1ccccc1. The first-order valence-electron chi connectivity index (χ1n) is 14.1. The van der Waals surface area contributed by atoms with Crippen LogP contribution in [0.1, 0.15) is 61.9 Å². The predicted molar refractivity (Wildman–Crippen MR) is 159 cm³/mol. The van der Waals surface area contributed by atoms with Gasteiger partial charge in [-0.25, -0.2) is 4.98 Å². The van der Waals surface area contributed by atoms with Crippen LogP contribution in [0.5, 0.6) is 11.5 Å². The van der Waals surface area contributed by atoms with Crippen LogP contribution >= 0.6 is 0 Å². The third-order valence-corrected chi connectivity index (χ3v) is 7.21. The molecule has 0 unspecified atom stereocenters. The normalized spacial score (nSPS) is 12.7. The van der Waals surface area contributed by atoms with Gasteiger partial charge in [0, 0.05) is 31.7 Å². The molecule has 0 saturated heterocycles. The number of benzene rings is 3. The van der Waals surface area contributed by atoms with E-state index in [-0.39, 0.29) is 0 Å². The molecule has 0 aliphatic carbocycles. The van der Waals surface area contributed by atoms with Crippen LogP contribution in [0, 0.1) is 0 Å². The van der Waals surface area contributed by atoms with Gasteiger partial charge in [-0.15, -0.1) is 0 Å². The molecular formula is C34H39N3O2. The first-order chi connectivity index (χ1) is 19.1. The molecule has 0 fully saturated rings. The zero-order chi connectivity index (χ0) is 27.0. The molecular weight excluding hydrogens is 482 g/mol. The number of aromatic nitrogens is 2. The first-order valence-corrected chi connectivity index (χ1v) is 14.1. The van der Waals surface area contributed by atoms with Crippen LogP contribution in [-0.2, 0) is 19.6 Å². The van der Waals surface area contributed by atoms with Crippen molar-refractivity contribution < 1.29 is 9.47 Å². The van der Waals surface area contributed by atoms with Gasteiger partial charge in [0.25, 0.3) is 0 Å². The number of unbranched alkanes of at least 4 members (excludes halogenated alkanes) is 1. The van der Waals surface area contributed by atoms with E-state index < -0.39 is 0 Å². The first kappa shape index (κ1) is 26.8. The quantitative estimate of drug-likeness (QED) is 0.190. The van der Waals surface area contributed by atoms with Crippen LogP contribution in [0.25, 0.3) is 17.5 Å². The van der Waals surface area contributed by atoms with Gasteiger partial charge >= 0.3 is 0 Å². The highest BCUT2D eigenvalue weighted by Gasteiger charge is 2.17. The third kappa shape index (κ3) is 6.79. The summed E-state index contributed by atoms with van der Waals surface area (Å²) in [5, 5.41) is 0. The minimum absolute atomic E-state index is 0.291. The smallest absolute Gasteiger partial charge is 0.231 e.